The van der Waals surface area contributed by atoms with Crippen LogP contribution in [0, 0.1) is 0 Å². The lowest BCUT2D eigenvalue weighted by Crippen LogP contribution is -2.27. The van der Waals surface area contributed by atoms with Crippen LogP contribution in [-0.2, 0) is 6.54 Å². The summed E-state index contributed by atoms with van der Waals surface area (Å²) in [6.45, 7) is 9.77. The second-order valence-electron chi connectivity index (χ2n) is 4.01. The summed E-state index contributed by atoms with van der Waals surface area (Å²) in [4.78, 5) is 6.83. The first kappa shape index (κ1) is 14.6. The van der Waals surface area contributed by atoms with E-state index in [2.05, 4.69) is 45.0 Å². The highest BCUT2D eigenvalue weighted by Crippen LogP contribution is 2.05. The van der Waals surface area contributed by atoms with Gasteiger partial charge in [0.05, 0.1) is 5.69 Å². The summed E-state index contributed by atoms with van der Waals surface area (Å²) in [5, 5.41) is 3.42. The van der Waals surface area contributed by atoms with Crippen molar-refractivity contribution >= 4 is 15.9 Å². The van der Waals surface area contributed by atoms with E-state index in [1.54, 1.807) is 0 Å². The highest BCUT2D eigenvalue weighted by atomic mass is 79.9. The molecule has 3 nitrogen and oxygen atoms in total. The van der Waals surface area contributed by atoms with E-state index in [-0.39, 0.29) is 0 Å². The van der Waals surface area contributed by atoms with Gasteiger partial charge in [-0.05, 0) is 60.7 Å². The average molecular weight is 300 g/mol. The summed E-state index contributed by atoms with van der Waals surface area (Å²) in [7, 11) is 0. The Hall–Kier alpha value is -0.450. The number of hydrogen-bond acceptors (Lipinski definition) is 3. The van der Waals surface area contributed by atoms with Crippen molar-refractivity contribution in [1.29, 1.82) is 0 Å². The Morgan fingerprint density at radius 3 is 2.71 bits per heavy atom. The molecule has 0 radical (unpaired) electrons. The minimum atomic E-state index is 0.845. The fourth-order valence-corrected chi connectivity index (χ4v) is 2.11. The lowest BCUT2D eigenvalue weighted by Gasteiger charge is -2.17. The van der Waals surface area contributed by atoms with E-state index >= 15 is 0 Å². The van der Waals surface area contributed by atoms with E-state index in [0.717, 1.165) is 36.5 Å². The second-order valence-corrected chi connectivity index (χ2v) is 4.82. The monoisotopic (exact) mass is 299 g/mol. The Balaban J connectivity index is 2.12. The summed E-state index contributed by atoms with van der Waals surface area (Å²) in [6.07, 6.45) is 1.19. The fraction of sp³-hybridized carbons (Fsp3) is 0.615. The molecule has 0 saturated carbocycles. The molecule has 0 amide bonds. The number of halogens is 1. The van der Waals surface area contributed by atoms with Gasteiger partial charge < -0.3 is 10.2 Å². The van der Waals surface area contributed by atoms with Gasteiger partial charge in [-0.15, -0.1) is 0 Å². The third kappa shape index (κ3) is 6.15. The largest absolute Gasteiger partial charge is 0.311 e. The normalized spacial score (nSPS) is 11.1. The average Bonchev–Trinajstić information content (AvgIpc) is 2.34. The van der Waals surface area contributed by atoms with Gasteiger partial charge in [0, 0.05) is 6.54 Å². The van der Waals surface area contributed by atoms with Crippen molar-refractivity contribution in [1.82, 2.24) is 15.2 Å². The molecule has 0 aliphatic heterocycles. The molecule has 1 aromatic rings. The van der Waals surface area contributed by atoms with E-state index in [0.29, 0.717) is 0 Å². The van der Waals surface area contributed by atoms with Gasteiger partial charge >= 0.3 is 0 Å². The molecule has 0 saturated heterocycles. The molecule has 1 N–H and O–H groups in total. The summed E-state index contributed by atoms with van der Waals surface area (Å²) in [5.41, 5.74) is 1.09. The molecule has 0 spiro atoms. The Morgan fingerprint density at radius 2 is 2.06 bits per heavy atom. The van der Waals surface area contributed by atoms with E-state index in [4.69, 9.17) is 0 Å². The van der Waals surface area contributed by atoms with Gasteiger partial charge in [-0.3, -0.25) is 0 Å². The molecule has 0 atom stereocenters. The van der Waals surface area contributed by atoms with Gasteiger partial charge in [0.1, 0.15) is 4.60 Å². The number of hydrogen-bond donors (Lipinski definition) is 1. The van der Waals surface area contributed by atoms with Crippen molar-refractivity contribution in [2.75, 3.05) is 26.2 Å². The highest BCUT2D eigenvalue weighted by Gasteiger charge is 1.98. The quantitative estimate of drug-likeness (QED) is 0.591. The van der Waals surface area contributed by atoms with Crippen LogP contribution in [0.15, 0.2) is 22.8 Å². The second kappa shape index (κ2) is 8.61. The molecular formula is C13H22BrN3. The highest BCUT2D eigenvalue weighted by molar-refractivity contribution is 9.10. The lowest BCUT2D eigenvalue weighted by molar-refractivity contribution is 0.298. The zero-order valence-electron chi connectivity index (χ0n) is 10.7. The first-order chi connectivity index (χ1) is 8.26. The van der Waals surface area contributed by atoms with Crippen LogP contribution in [0.5, 0.6) is 0 Å². The molecule has 17 heavy (non-hydrogen) atoms. The van der Waals surface area contributed by atoms with Crippen LogP contribution in [0.2, 0.25) is 0 Å². The Bertz CT molecular complexity index is 313. The molecule has 4 heteroatoms. The summed E-state index contributed by atoms with van der Waals surface area (Å²) in [5.74, 6) is 0. The van der Waals surface area contributed by atoms with Crippen molar-refractivity contribution in [3.63, 3.8) is 0 Å². The molecular weight excluding hydrogens is 278 g/mol. The predicted molar refractivity (Wildman–Crippen MR) is 76.0 cm³/mol. The number of rotatable bonds is 8. The van der Waals surface area contributed by atoms with Crippen LogP contribution in [0.25, 0.3) is 0 Å². The third-order valence-electron chi connectivity index (χ3n) is 2.80. The Kier molecular flexibility index (Phi) is 7.40. The fourth-order valence-electron chi connectivity index (χ4n) is 1.73. The Morgan fingerprint density at radius 1 is 1.29 bits per heavy atom. The van der Waals surface area contributed by atoms with E-state index in [9.17, 15) is 0 Å². The number of pyridine rings is 1. The molecule has 0 fully saturated rings. The zero-order valence-corrected chi connectivity index (χ0v) is 12.3. The number of nitrogens with one attached hydrogen (secondary N) is 1. The topological polar surface area (TPSA) is 28.2 Å². The van der Waals surface area contributed by atoms with Crippen molar-refractivity contribution in [3.05, 3.63) is 28.5 Å². The lowest BCUT2D eigenvalue weighted by atomic mass is 10.3. The summed E-state index contributed by atoms with van der Waals surface area (Å²) >= 11 is 3.38. The van der Waals surface area contributed by atoms with Gasteiger partial charge in [-0.1, -0.05) is 19.9 Å². The minimum absolute atomic E-state index is 0.845. The standard InChI is InChI=1S/C13H22BrN3/c1-3-17(4-2)10-6-9-15-11-12-7-5-8-13(14)16-12/h5,7-8,15H,3-4,6,9-11H2,1-2H3. The smallest absolute Gasteiger partial charge is 0.106 e. The maximum Gasteiger partial charge on any atom is 0.106 e. The maximum atomic E-state index is 4.38. The van der Waals surface area contributed by atoms with Crippen LogP contribution in [0.3, 0.4) is 0 Å². The molecule has 1 heterocycles. The molecule has 96 valence electrons. The molecule has 0 aliphatic carbocycles. The van der Waals surface area contributed by atoms with Gasteiger partial charge in [0.2, 0.25) is 0 Å². The zero-order chi connectivity index (χ0) is 12.5. The third-order valence-corrected chi connectivity index (χ3v) is 3.24. The molecule has 0 unspecified atom stereocenters. The minimum Gasteiger partial charge on any atom is -0.311 e. The molecule has 0 aliphatic rings. The SMILES string of the molecule is CCN(CC)CCCNCc1cccc(Br)n1. The molecule has 0 aromatic carbocycles. The number of aromatic nitrogens is 1. The van der Waals surface area contributed by atoms with Crippen LogP contribution < -0.4 is 5.32 Å². The summed E-state index contributed by atoms with van der Waals surface area (Å²) < 4.78 is 0.903. The Labute approximate surface area is 113 Å². The first-order valence-corrected chi connectivity index (χ1v) is 7.10. The molecule has 1 rings (SSSR count). The summed E-state index contributed by atoms with van der Waals surface area (Å²) in [6, 6.07) is 6.01. The molecule has 1 aromatic heterocycles. The maximum absolute atomic E-state index is 4.38. The number of nitrogens with zero attached hydrogens (tertiary/aromatic N) is 2. The van der Waals surface area contributed by atoms with Crippen molar-refractivity contribution in [3.8, 4) is 0 Å². The van der Waals surface area contributed by atoms with Crippen LogP contribution in [-0.4, -0.2) is 36.1 Å². The van der Waals surface area contributed by atoms with Gasteiger partial charge in [-0.25, -0.2) is 4.98 Å². The predicted octanol–water partition coefficient (Wildman–Crippen LogP) is 2.67. The van der Waals surface area contributed by atoms with Gasteiger partial charge in [0.15, 0.2) is 0 Å². The van der Waals surface area contributed by atoms with Crippen molar-refractivity contribution < 1.29 is 0 Å². The molecule has 0 bridgehead atoms. The van der Waals surface area contributed by atoms with E-state index < -0.39 is 0 Å². The van der Waals surface area contributed by atoms with Crippen molar-refractivity contribution in [2.45, 2.75) is 26.8 Å². The van der Waals surface area contributed by atoms with E-state index in [1.165, 1.54) is 13.0 Å². The van der Waals surface area contributed by atoms with Crippen LogP contribution >= 0.6 is 15.9 Å². The van der Waals surface area contributed by atoms with Gasteiger partial charge in [-0.2, -0.15) is 0 Å². The van der Waals surface area contributed by atoms with Crippen LogP contribution in [0.4, 0.5) is 0 Å². The van der Waals surface area contributed by atoms with Crippen LogP contribution in [0.1, 0.15) is 26.0 Å². The van der Waals surface area contributed by atoms with Crippen molar-refractivity contribution in [2.24, 2.45) is 0 Å². The first-order valence-electron chi connectivity index (χ1n) is 6.30. The van der Waals surface area contributed by atoms with E-state index in [1.807, 2.05) is 18.2 Å². The van der Waals surface area contributed by atoms with Gasteiger partial charge in [0.25, 0.3) is 0 Å².